The quantitative estimate of drug-likeness (QED) is 0.646. The fourth-order valence-corrected chi connectivity index (χ4v) is 4.95. The van der Waals surface area contributed by atoms with Crippen LogP contribution in [0.5, 0.6) is 5.75 Å². The molecule has 0 atom stereocenters. The van der Waals surface area contributed by atoms with Crippen molar-refractivity contribution >= 4 is 27.5 Å². The van der Waals surface area contributed by atoms with Gasteiger partial charge in [0.2, 0.25) is 15.9 Å². The number of nitrogens with zero attached hydrogens (tertiary/aromatic N) is 3. The Labute approximate surface area is 182 Å². The van der Waals surface area contributed by atoms with Crippen LogP contribution in [-0.4, -0.2) is 75.3 Å². The van der Waals surface area contributed by atoms with Gasteiger partial charge in [-0.15, -0.1) is 0 Å². The molecule has 0 spiro atoms. The summed E-state index contributed by atoms with van der Waals surface area (Å²) >= 11 is 5.85. The normalized spacial score (nSPS) is 15.4. The van der Waals surface area contributed by atoms with Crippen LogP contribution in [0, 0.1) is 0 Å². The van der Waals surface area contributed by atoms with Crippen LogP contribution >= 0.6 is 11.6 Å². The van der Waals surface area contributed by atoms with Gasteiger partial charge >= 0.3 is 0 Å². The second kappa shape index (κ2) is 9.78. The number of hydrogen-bond acceptors (Lipinski definition) is 5. The largest absolute Gasteiger partial charge is 0.497 e. The van der Waals surface area contributed by atoms with Gasteiger partial charge in [0.25, 0.3) is 0 Å². The van der Waals surface area contributed by atoms with Gasteiger partial charge in [-0.3, -0.25) is 9.69 Å². The molecule has 0 unspecified atom stereocenters. The summed E-state index contributed by atoms with van der Waals surface area (Å²) in [6, 6.07) is 13.9. The summed E-state index contributed by atoms with van der Waals surface area (Å²) in [5.74, 6) is 0.772. The van der Waals surface area contributed by atoms with Crippen LogP contribution in [0.3, 0.4) is 0 Å². The molecule has 1 amide bonds. The van der Waals surface area contributed by atoms with E-state index in [9.17, 15) is 13.2 Å². The number of rotatable bonds is 7. The molecule has 7 nitrogen and oxygen atoms in total. The summed E-state index contributed by atoms with van der Waals surface area (Å²) in [4.78, 5) is 16.5. The van der Waals surface area contributed by atoms with E-state index < -0.39 is 10.0 Å². The highest BCUT2D eigenvalue weighted by atomic mass is 35.5. The highest BCUT2D eigenvalue weighted by Gasteiger charge is 2.30. The standard InChI is InChI=1S/C21H26ClN3O4S/c1-23(15-17-4-3-5-19(14-17)29-2)16-21(26)24-10-12-25(13-11-24)30(27,28)20-8-6-18(22)7-9-20/h3-9,14H,10-13,15-16H2,1-2H3. The maximum absolute atomic E-state index is 12.8. The van der Waals surface area contributed by atoms with Crippen molar-refractivity contribution in [3.63, 3.8) is 0 Å². The molecule has 1 saturated heterocycles. The Morgan fingerprint density at radius 2 is 1.77 bits per heavy atom. The molecular weight excluding hydrogens is 426 g/mol. The molecule has 0 radical (unpaired) electrons. The SMILES string of the molecule is COc1cccc(CN(C)CC(=O)N2CCN(S(=O)(=O)c3ccc(Cl)cc3)CC2)c1. The second-order valence-electron chi connectivity index (χ2n) is 7.26. The molecule has 30 heavy (non-hydrogen) atoms. The van der Waals surface area contributed by atoms with Gasteiger partial charge in [0.15, 0.2) is 0 Å². The fourth-order valence-electron chi connectivity index (χ4n) is 3.40. The van der Waals surface area contributed by atoms with E-state index in [1.807, 2.05) is 36.2 Å². The van der Waals surface area contributed by atoms with Crippen molar-refractivity contribution in [3.8, 4) is 5.75 Å². The Morgan fingerprint density at radius 1 is 1.10 bits per heavy atom. The van der Waals surface area contributed by atoms with Gasteiger partial charge < -0.3 is 9.64 Å². The number of ether oxygens (including phenoxy) is 1. The second-order valence-corrected chi connectivity index (χ2v) is 9.64. The summed E-state index contributed by atoms with van der Waals surface area (Å²) < 4.78 is 32.2. The van der Waals surface area contributed by atoms with E-state index >= 15 is 0 Å². The Bertz CT molecular complexity index is 974. The van der Waals surface area contributed by atoms with E-state index in [0.717, 1.165) is 11.3 Å². The molecule has 1 heterocycles. The Morgan fingerprint density at radius 3 is 2.40 bits per heavy atom. The van der Waals surface area contributed by atoms with Crippen LogP contribution in [0.4, 0.5) is 0 Å². The maximum atomic E-state index is 12.8. The minimum absolute atomic E-state index is 0.0102. The number of carbonyl (C=O) groups excluding carboxylic acids is 1. The monoisotopic (exact) mass is 451 g/mol. The molecule has 1 aliphatic rings. The van der Waals surface area contributed by atoms with Crippen LogP contribution in [0.1, 0.15) is 5.56 Å². The molecule has 1 aliphatic heterocycles. The molecule has 162 valence electrons. The van der Waals surface area contributed by atoms with E-state index in [0.29, 0.717) is 24.7 Å². The van der Waals surface area contributed by atoms with E-state index in [1.54, 1.807) is 24.1 Å². The lowest BCUT2D eigenvalue weighted by Crippen LogP contribution is -2.52. The highest BCUT2D eigenvalue weighted by molar-refractivity contribution is 7.89. The average Bonchev–Trinajstić information content (AvgIpc) is 2.74. The predicted octanol–water partition coefficient (Wildman–Crippen LogP) is 2.31. The average molecular weight is 452 g/mol. The topological polar surface area (TPSA) is 70.2 Å². The van der Waals surface area contributed by atoms with Crippen molar-refractivity contribution in [1.29, 1.82) is 0 Å². The number of carbonyl (C=O) groups is 1. The van der Waals surface area contributed by atoms with E-state index in [-0.39, 0.29) is 30.4 Å². The van der Waals surface area contributed by atoms with Gasteiger partial charge in [0.1, 0.15) is 5.75 Å². The number of benzene rings is 2. The van der Waals surface area contributed by atoms with Crippen molar-refractivity contribution in [3.05, 3.63) is 59.1 Å². The minimum Gasteiger partial charge on any atom is -0.497 e. The molecule has 3 rings (SSSR count). The number of likely N-dealkylation sites (N-methyl/N-ethyl adjacent to an activating group) is 1. The van der Waals surface area contributed by atoms with Gasteiger partial charge in [0, 0.05) is 37.7 Å². The lowest BCUT2D eigenvalue weighted by molar-refractivity contribution is -0.133. The number of sulfonamides is 1. The van der Waals surface area contributed by atoms with Crippen LogP contribution in [0.15, 0.2) is 53.4 Å². The van der Waals surface area contributed by atoms with Crippen LogP contribution < -0.4 is 4.74 Å². The van der Waals surface area contributed by atoms with E-state index in [1.165, 1.54) is 16.4 Å². The number of hydrogen-bond donors (Lipinski definition) is 0. The van der Waals surface area contributed by atoms with Gasteiger partial charge in [-0.2, -0.15) is 4.31 Å². The van der Waals surface area contributed by atoms with Crippen LogP contribution in [0.25, 0.3) is 0 Å². The molecule has 0 aliphatic carbocycles. The predicted molar refractivity (Wildman–Crippen MR) is 116 cm³/mol. The van der Waals surface area contributed by atoms with E-state index in [4.69, 9.17) is 16.3 Å². The van der Waals surface area contributed by atoms with Crippen molar-refractivity contribution < 1.29 is 17.9 Å². The molecular formula is C21H26ClN3O4S. The fraction of sp³-hybridized carbons (Fsp3) is 0.381. The first-order valence-corrected chi connectivity index (χ1v) is 11.5. The van der Waals surface area contributed by atoms with Gasteiger partial charge in [-0.05, 0) is 49.0 Å². The molecule has 0 aromatic heterocycles. The van der Waals surface area contributed by atoms with Crippen molar-refractivity contribution in [2.24, 2.45) is 0 Å². The van der Waals surface area contributed by atoms with Gasteiger partial charge in [-0.25, -0.2) is 8.42 Å². The zero-order valence-electron chi connectivity index (χ0n) is 17.1. The Kier molecular flexibility index (Phi) is 7.36. The smallest absolute Gasteiger partial charge is 0.243 e. The first kappa shape index (κ1) is 22.6. The molecule has 9 heteroatoms. The molecule has 1 fully saturated rings. The van der Waals surface area contributed by atoms with Crippen LogP contribution in [0.2, 0.25) is 5.02 Å². The number of piperazine rings is 1. The minimum atomic E-state index is -3.58. The third-order valence-corrected chi connectivity index (χ3v) is 7.20. The summed E-state index contributed by atoms with van der Waals surface area (Å²) in [6.07, 6.45) is 0. The molecule has 0 N–H and O–H groups in total. The highest BCUT2D eigenvalue weighted by Crippen LogP contribution is 2.20. The van der Waals surface area contributed by atoms with Crippen molar-refractivity contribution in [1.82, 2.24) is 14.1 Å². The molecule has 0 bridgehead atoms. The summed E-state index contributed by atoms with van der Waals surface area (Å²) in [5.41, 5.74) is 1.06. The zero-order chi connectivity index (χ0) is 21.7. The van der Waals surface area contributed by atoms with E-state index in [2.05, 4.69) is 0 Å². The first-order valence-electron chi connectivity index (χ1n) is 9.64. The summed E-state index contributed by atoms with van der Waals surface area (Å²) in [7, 11) is -0.0722. The third-order valence-electron chi connectivity index (χ3n) is 5.03. The van der Waals surface area contributed by atoms with Crippen molar-refractivity contribution in [2.75, 3.05) is 46.9 Å². The summed E-state index contributed by atoms with van der Waals surface area (Å²) in [6.45, 7) is 2.18. The van der Waals surface area contributed by atoms with Gasteiger partial charge in [-0.1, -0.05) is 23.7 Å². The van der Waals surface area contributed by atoms with Gasteiger partial charge in [0.05, 0.1) is 18.6 Å². The Balaban J connectivity index is 1.52. The number of amides is 1. The first-order chi connectivity index (χ1) is 14.3. The Hall–Kier alpha value is -2.13. The molecule has 2 aromatic rings. The van der Waals surface area contributed by atoms with Crippen molar-refractivity contribution in [2.45, 2.75) is 11.4 Å². The maximum Gasteiger partial charge on any atom is 0.243 e. The number of methoxy groups -OCH3 is 1. The lowest BCUT2D eigenvalue weighted by atomic mass is 10.2. The third kappa shape index (κ3) is 5.51. The van der Waals surface area contributed by atoms with Crippen LogP contribution in [-0.2, 0) is 21.4 Å². The summed E-state index contributed by atoms with van der Waals surface area (Å²) in [5, 5.41) is 0.488. The zero-order valence-corrected chi connectivity index (χ0v) is 18.7. The molecule has 2 aromatic carbocycles. The lowest BCUT2D eigenvalue weighted by Gasteiger charge is -2.34. The number of halogens is 1. The molecule has 0 saturated carbocycles.